The second kappa shape index (κ2) is 3.87. The molecule has 0 fully saturated rings. The van der Waals surface area contributed by atoms with Crippen LogP contribution >= 0.6 is 11.6 Å². The number of nitrogens with zero attached hydrogens (tertiary/aromatic N) is 1. The molecule has 0 bridgehead atoms. The topological polar surface area (TPSA) is 19.0 Å². The Bertz CT molecular complexity index is 473. The Hall–Kier alpha value is -0.990. The summed E-state index contributed by atoms with van der Waals surface area (Å²) in [7, 11) is 3.97. The van der Waals surface area contributed by atoms with Crippen LogP contribution in [0.25, 0.3) is 10.9 Å². The van der Waals surface area contributed by atoms with Crippen LogP contribution in [0.15, 0.2) is 24.3 Å². The van der Waals surface area contributed by atoms with Crippen LogP contribution < -0.4 is 0 Å². The molecule has 0 aliphatic carbocycles. The second-order valence-electron chi connectivity index (χ2n) is 4.01. The van der Waals surface area contributed by atoms with Gasteiger partial charge in [-0.15, -0.1) is 11.6 Å². The van der Waals surface area contributed by atoms with Crippen molar-refractivity contribution in [3.05, 3.63) is 35.5 Å². The minimum atomic E-state index is -0.0823. The van der Waals surface area contributed by atoms with Gasteiger partial charge in [0, 0.05) is 22.2 Å². The number of hydrogen-bond acceptors (Lipinski definition) is 1. The summed E-state index contributed by atoms with van der Waals surface area (Å²) >= 11 is 6.37. The van der Waals surface area contributed by atoms with Gasteiger partial charge in [0.2, 0.25) is 0 Å². The number of benzene rings is 1. The minimum absolute atomic E-state index is 0.0823. The Kier molecular flexibility index (Phi) is 2.72. The third kappa shape index (κ3) is 1.75. The zero-order valence-electron chi connectivity index (χ0n) is 9.21. The molecule has 0 saturated carbocycles. The van der Waals surface area contributed by atoms with E-state index < -0.39 is 0 Å². The molecule has 0 saturated heterocycles. The summed E-state index contributed by atoms with van der Waals surface area (Å²) in [5, 5.41) is 1.21. The molecule has 80 valence electrons. The molecule has 1 unspecified atom stereocenters. The van der Waals surface area contributed by atoms with Crippen molar-refractivity contribution >= 4 is 22.5 Å². The number of fused-ring (bicyclic) bond motifs is 1. The Balaban J connectivity index is 2.63. The molecule has 2 nitrogen and oxygen atoms in total. The lowest BCUT2D eigenvalue weighted by Gasteiger charge is -2.18. The highest BCUT2D eigenvalue weighted by Gasteiger charge is 2.17. The molecule has 1 heterocycles. The first-order valence-electron chi connectivity index (χ1n) is 4.99. The lowest BCUT2D eigenvalue weighted by atomic mass is 10.1. The number of H-pyrrole nitrogens is 1. The largest absolute Gasteiger partial charge is 0.358 e. The minimum Gasteiger partial charge on any atom is -0.358 e. The zero-order chi connectivity index (χ0) is 11.0. The van der Waals surface area contributed by atoms with Gasteiger partial charge < -0.3 is 4.98 Å². The molecule has 0 amide bonds. The van der Waals surface area contributed by atoms with Gasteiger partial charge in [0.25, 0.3) is 0 Å². The van der Waals surface area contributed by atoms with Gasteiger partial charge in [0.15, 0.2) is 0 Å². The van der Waals surface area contributed by atoms with Gasteiger partial charge in [-0.25, -0.2) is 0 Å². The van der Waals surface area contributed by atoms with E-state index in [0.29, 0.717) is 0 Å². The Morgan fingerprint density at radius 3 is 2.60 bits per heavy atom. The summed E-state index contributed by atoms with van der Waals surface area (Å²) in [6.45, 7) is 2.06. The van der Waals surface area contributed by atoms with Crippen molar-refractivity contribution in [1.29, 1.82) is 0 Å². The predicted molar refractivity (Wildman–Crippen MR) is 65.3 cm³/mol. The predicted octanol–water partition coefficient (Wildman–Crippen LogP) is 3.28. The highest BCUT2D eigenvalue weighted by Crippen LogP contribution is 2.32. The standard InChI is InChI=1S/C12H15ClN2/c1-8-11(12(13)15(2)3)9-6-4-5-7-10(9)14-8/h4-7,12,14H,1-3H3. The van der Waals surface area contributed by atoms with Crippen molar-refractivity contribution in [3.8, 4) is 0 Å². The first kappa shape index (κ1) is 10.5. The van der Waals surface area contributed by atoms with Gasteiger partial charge in [-0.05, 0) is 27.1 Å². The molecule has 0 spiro atoms. The third-order valence-electron chi connectivity index (χ3n) is 2.63. The number of alkyl halides is 1. The van der Waals surface area contributed by atoms with E-state index >= 15 is 0 Å². The van der Waals surface area contributed by atoms with Crippen molar-refractivity contribution in [1.82, 2.24) is 9.88 Å². The van der Waals surface area contributed by atoms with Crippen LogP contribution in [-0.2, 0) is 0 Å². The van der Waals surface area contributed by atoms with Gasteiger partial charge in [0.1, 0.15) is 5.50 Å². The van der Waals surface area contributed by atoms with Crippen molar-refractivity contribution < 1.29 is 0 Å². The molecule has 1 atom stereocenters. The summed E-state index contributed by atoms with van der Waals surface area (Å²) in [6, 6.07) is 8.25. The molecule has 2 rings (SSSR count). The van der Waals surface area contributed by atoms with Crippen LogP contribution in [0, 0.1) is 6.92 Å². The van der Waals surface area contributed by atoms with Crippen molar-refractivity contribution in [2.45, 2.75) is 12.4 Å². The molecular formula is C12H15ClN2. The number of aryl methyl sites for hydroxylation is 1. The fourth-order valence-corrected chi connectivity index (χ4v) is 2.14. The number of nitrogens with one attached hydrogen (secondary N) is 1. The molecule has 0 aliphatic rings. The number of halogens is 1. The fourth-order valence-electron chi connectivity index (χ4n) is 1.86. The highest BCUT2D eigenvalue weighted by atomic mass is 35.5. The quantitative estimate of drug-likeness (QED) is 0.611. The third-order valence-corrected chi connectivity index (χ3v) is 3.24. The smallest absolute Gasteiger partial charge is 0.112 e. The summed E-state index contributed by atoms with van der Waals surface area (Å²) in [6.07, 6.45) is 0. The van der Waals surface area contributed by atoms with Gasteiger partial charge in [-0.1, -0.05) is 18.2 Å². The molecule has 1 N–H and O–H groups in total. The SMILES string of the molecule is Cc1[nH]c2ccccc2c1C(Cl)N(C)C. The van der Waals surface area contributed by atoms with Crippen molar-refractivity contribution in [2.75, 3.05) is 14.1 Å². The zero-order valence-corrected chi connectivity index (χ0v) is 9.97. The van der Waals surface area contributed by atoms with Crippen LogP contribution in [0.1, 0.15) is 16.8 Å². The molecule has 0 aliphatic heterocycles. The molecular weight excluding hydrogens is 208 g/mol. The van der Waals surface area contributed by atoms with Crippen molar-refractivity contribution in [2.24, 2.45) is 0 Å². The lowest BCUT2D eigenvalue weighted by molar-refractivity contribution is 0.385. The van der Waals surface area contributed by atoms with Crippen LogP contribution in [0.5, 0.6) is 0 Å². The Morgan fingerprint density at radius 2 is 1.93 bits per heavy atom. The molecule has 1 aromatic heterocycles. The summed E-state index contributed by atoms with van der Waals surface area (Å²) < 4.78 is 0. The van der Waals surface area contributed by atoms with Crippen LogP contribution in [-0.4, -0.2) is 24.0 Å². The highest BCUT2D eigenvalue weighted by molar-refractivity contribution is 6.21. The van der Waals surface area contributed by atoms with Gasteiger partial charge in [0.05, 0.1) is 0 Å². The lowest BCUT2D eigenvalue weighted by Crippen LogP contribution is -2.15. The second-order valence-corrected chi connectivity index (χ2v) is 4.42. The van der Waals surface area contributed by atoms with E-state index in [1.807, 2.05) is 31.1 Å². The maximum atomic E-state index is 6.37. The van der Waals surface area contributed by atoms with E-state index in [-0.39, 0.29) is 5.50 Å². The molecule has 15 heavy (non-hydrogen) atoms. The maximum Gasteiger partial charge on any atom is 0.112 e. The average molecular weight is 223 g/mol. The average Bonchev–Trinajstić information content (AvgIpc) is 2.52. The first-order chi connectivity index (χ1) is 7.11. The van der Waals surface area contributed by atoms with E-state index in [1.54, 1.807) is 0 Å². The maximum absolute atomic E-state index is 6.37. The normalized spacial score (nSPS) is 13.7. The molecule has 1 aromatic carbocycles. The van der Waals surface area contributed by atoms with Gasteiger partial charge >= 0.3 is 0 Å². The van der Waals surface area contributed by atoms with E-state index in [9.17, 15) is 0 Å². The summed E-state index contributed by atoms with van der Waals surface area (Å²) in [4.78, 5) is 5.36. The summed E-state index contributed by atoms with van der Waals surface area (Å²) in [5.41, 5.74) is 3.39. The van der Waals surface area contributed by atoms with Crippen LogP contribution in [0.3, 0.4) is 0 Å². The van der Waals surface area contributed by atoms with Crippen LogP contribution in [0.2, 0.25) is 0 Å². The number of hydrogen-bond donors (Lipinski definition) is 1. The number of aromatic nitrogens is 1. The van der Waals surface area contributed by atoms with E-state index in [2.05, 4.69) is 24.0 Å². The monoisotopic (exact) mass is 222 g/mol. The van der Waals surface area contributed by atoms with E-state index in [4.69, 9.17) is 11.6 Å². The van der Waals surface area contributed by atoms with Gasteiger partial charge in [-0.2, -0.15) is 0 Å². The number of aromatic amines is 1. The van der Waals surface area contributed by atoms with E-state index in [1.165, 1.54) is 10.9 Å². The molecule has 2 aromatic rings. The van der Waals surface area contributed by atoms with E-state index in [0.717, 1.165) is 11.2 Å². The number of rotatable bonds is 2. The van der Waals surface area contributed by atoms with Gasteiger partial charge in [-0.3, -0.25) is 4.90 Å². The number of para-hydroxylation sites is 1. The Labute approximate surface area is 94.8 Å². The molecule has 3 heteroatoms. The van der Waals surface area contributed by atoms with Crippen molar-refractivity contribution in [3.63, 3.8) is 0 Å². The molecule has 0 radical (unpaired) electrons. The fraction of sp³-hybridized carbons (Fsp3) is 0.333. The van der Waals surface area contributed by atoms with Crippen LogP contribution in [0.4, 0.5) is 0 Å². The first-order valence-corrected chi connectivity index (χ1v) is 5.42. The Morgan fingerprint density at radius 1 is 1.27 bits per heavy atom. The summed E-state index contributed by atoms with van der Waals surface area (Å²) in [5.74, 6) is 0.